The van der Waals surface area contributed by atoms with Crippen LogP contribution >= 0.6 is 0 Å². The van der Waals surface area contributed by atoms with E-state index in [1.807, 2.05) is 31.2 Å². The molecule has 0 aliphatic rings. The minimum Gasteiger partial charge on any atom is -0.356 e. The van der Waals surface area contributed by atoms with E-state index in [9.17, 15) is 4.79 Å². The van der Waals surface area contributed by atoms with E-state index in [1.54, 1.807) is 0 Å². The maximum atomic E-state index is 11.8. The summed E-state index contributed by atoms with van der Waals surface area (Å²) in [4.78, 5) is 11.8. The summed E-state index contributed by atoms with van der Waals surface area (Å²) < 4.78 is 0. The highest BCUT2D eigenvalue weighted by Crippen LogP contribution is 2.33. The first-order valence-corrected chi connectivity index (χ1v) is 9.07. The number of benzene rings is 2. The van der Waals surface area contributed by atoms with E-state index in [4.69, 9.17) is 0 Å². The van der Waals surface area contributed by atoms with Crippen molar-refractivity contribution in [1.29, 1.82) is 0 Å². The van der Waals surface area contributed by atoms with E-state index in [-0.39, 0.29) is 16.6 Å². The molecule has 0 amide bonds. The van der Waals surface area contributed by atoms with Crippen LogP contribution < -0.4 is 5.32 Å². The monoisotopic (exact) mass is 337 g/mol. The molecule has 2 aromatic rings. The van der Waals surface area contributed by atoms with Crippen LogP contribution in [0.4, 0.5) is 11.4 Å². The van der Waals surface area contributed by atoms with Gasteiger partial charge in [-0.1, -0.05) is 54.5 Å². The van der Waals surface area contributed by atoms with Gasteiger partial charge in [-0.2, -0.15) is 0 Å². The molecule has 0 atom stereocenters. The fraction of sp³-hybridized carbons (Fsp3) is 0.435. The highest BCUT2D eigenvalue weighted by molar-refractivity contribution is 5.96. The molecule has 0 aromatic heterocycles. The standard InChI is InChI=1S/C23H31NO/c1-8-21(25)16-9-11-19(12-10-16)24-20-14-17(22(2,3)4)13-18(15-20)23(5,6)7/h9-15,24H,8H2,1-7H3. The Balaban J connectivity index is 2.37. The lowest BCUT2D eigenvalue weighted by Crippen LogP contribution is -2.16. The summed E-state index contributed by atoms with van der Waals surface area (Å²) in [6.07, 6.45) is 0.537. The van der Waals surface area contributed by atoms with Crippen molar-refractivity contribution in [2.75, 3.05) is 5.32 Å². The van der Waals surface area contributed by atoms with Gasteiger partial charge in [-0.05, 0) is 58.4 Å². The van der Waals surface area contributed by atoms with Crippen LogP contribution in [0.1, 0.15) is 76.4 Å². The molecule has 0 saturated carbocycles. The third-order valence-corrected chi connectivity index (χ3v) is 4.48. The van der Waals surface area contributed by atoms with Crippen molar-refractivity contribution in [1.82, 2.24) is 0 Å². The van der Waals surface area contributed by atoms with E-state index in [0.29, 0.717) is 6.42 Å². The summed E-state index contributed by atoms with van der Waals surface area (Å²) in [7, 11) is 0. The van der Waals surface area contributed by atoms with Crippen LogP contribution in [-0.2, 0) is 10.8 Å². The summed E-state index contributed by atoms with van der Waals surface area (Å²) in [6.45, 7) is 15.3. The van der Waals surface area contributed by atoms with Gasteiger partial charge in [-0.15, -0.1) is 0 Å². The molecule has 0 spiro atoms. The molecule has 0 fully saturated rings. The van der Waals surface area contributed by atoms with Crippen LogP contribution in [-0.4, -0.2) is 5.78 Å². The van der Waals surface area contributed by atoms with Gasteiger partial charge in [0.05, 0.1) is 0 Å². The van der Waals surface area contributed by atoms with E-state index in [1.165, 1.54) is 11.1 Å². The van der Waals surface area contributed by atoms with Gasteiger partial charge in [0.1, 0.15) is 0 Å². The Morgan fingerprint density at radius 1 is 0.800 bits per heavy atom. The number of Topliss-reactive ketones (excluding diaryl/α,β-unsaturated/α-hetero) is 1. The Morgan fingerprint density at radius 3 is 1.68 bits per heavy atom. The average molecular weight is 338 g/mol. The largest absolute Gasteiger partial charge is 0.356 e. The molecule has 2 rings (SSSR count). The van der Waals surface area contributed by atoms with Crippen LogP contribution in [0.2, 0.25) is 0 Å². The smallest absolute Gasteiger partial charge is 0.162 e. The SMILES string of the molecule is CCC(=O)c1ccc(Nc2cc(C(C)(C)C)cc(C(C)(C)C)c2)cc1. The highest BCUT2D eigenvalue weighted by Gasteiger charge is 2.20. The predicted molar refractivity (Wildman–Crippen MR) is 108 cm³/mol. The number of ketones is 1. The predicted octanol–water partition coefficient (Wildman–Crippen LogP) is 6.62. The highest BCUT2D eigenvalue weighted by atomic mass is 16.1. The number of anilines is 2. The first kappa shape index (κ1) is 19.2. The van der Waals surface area contributed by atoms with Crippen molar-refractivity contribution in [3.63, 3.8) is 0 Å². The van der Waals surface area contributed by atoms with Gasteiger partial charge >= 0.3 is 0 Å². The molecule has 1 N–H and O–H groups in total. The molecule has 2 nitrogen and oxygen atoms in total. The fourth-order valence-electron chi connectivity index (χ4n) is 2.68. The van der Waals surface area contributed by atoms with Gasteiger partial charge in [-0.3, -0.25) is 4.79 Å². The zero-order valence-electron chi connectivity index (χ0n) is 16.7. The van der Waals surface area contributed by atoms with Crippen molar-refractivity contribution < 1.29 is 4.79 Å². The number of rotatable bonds is 4. The molecule has 2 heteroatoms. The topological polar surface area (TPSA) is 29.1 Å². The van der Waals surface area contributed by atoms with Crippen LogP contribution in [0.3, 0.4) is 0 Å². The van der Waals surface area contributed by atoms with E-state index < -0.39 is 0 Å². The fourth-order valence-corrected chi connectivity index (χ4v) is 2.68. The third kappa shape index (κ3) is 4.94. The Kier molecular flexibility index (Phi) is 5.41. The number of nitrogens with one attached hydrogen (secondary N) is 1. The van der Waals surface area contributed by atoms with Crippen molar-refractivity contribution in [2.24, 2.45) is 0 Å². The molecule has 0 heterocycles. The molecule has 0 bridgehead atoms. The summed E-state index contributed by atoms with van der Waals surface area (Å²) in [5.74, 6) is 0.177. The van der Waals surface area contributed by atoms with Crippen molar-refractivity contribution >= 4 is 17.2 Å². The molecule has 134 valence electrons. The number of carbonyl (C=O) groups excluding carboxylic acids is 1. The first-order valence-electron chi connectivity index (χ1n) is 9.07. The van der Waals surface area contributed by atoms with E-state index in [2.05, 4.69) is 65.1 Å². The lowest BCUT2D eigenvalue weighted by atomic mass is 9.80. The molecular formula is C23H31NO. The molecule has 25 heavy (non-hydrogen) atoms. The summed E-state index contributed by atoms with van der Waals surface area (Å²) in [5.41, 5.74) is 5.68. The first-order chi connectivity index (χ1) is 11.5. The van der Waals surface area contributed by atoms with Gasteiger partial charge in [0.15, 0.2) is 5.78 Å². The lowest BCUT2D eigenvalue weighted by Gasteiger charge is -2.26. The molecule has 0 radical (unpaired) electrons. The van der Waals surface area contributed by atoms with Gasteiger partial charge in [0.25, 0.3) is 0 Å². The zero-order chi connectivity index (χ0) is 18.8. The van der Waals surface area contributed by atoms with Gasteiger partial charge < -0.3 is 5.32 Å². The van der Waals surface area contributed by atoms with Crippen molar-refractivity contribution in [3.8, 4) is 0 Å². The molecule has 0 aliphatic carbocycles. The summed E-state index contributed by atoms with van der Waals surface area (Å²) in [5, 5.41) is 3.50. The quantitative estimate of drug-likeness (QED) is 0.635. The average Bonchev–Trinajstić information content (AvgIpc) is 2.53. The van der Waals surface area contributed by atoms with Crippen LogP contribution in [0.15, 0.2) is 42.5 Å². The molecular weight excluding hydrogens is 306 g/mol. The van der Waals surface area contributed by atoms with Crippen LogP contribution in [0.5, 0.6) is 0 Å². The van der Waals surface area contributed by atoms with Gasteiger partial charge in [0, 0.05) is 23.4 Å². The lowest BCUT2D eigenvalue weighted by molar-refractivity contribution is 0.0988. The van der Waals surface area contributed by atoms with Gasteiger partial charge in [0.2, 0.25) is 0 Å². The maximum Gasteiger partial charge on any atom is 0.162 e. The maximum absolute atomic E-state index is 11.8. The van der Waals surface area contributed by atoms with E-state index >= 15 is 0 Å². The minimum absolute atomic E-state index is 0.0924. The second-order valence-corrected chi connectivity index (χ2v) is 8.78. The second kappa shape index (κ2) is 7.03. The van der Waals surface area contributed by atoms with Crippen molar-refractivity contribution in [2.45, 2.75) is 65.7 Å². The Bertz CT molecular complexity index is 711. The molecule has 0 saturated heterocycles. The normalized spacial score (nSPS) is 12.1. The van der Waals surface area contributed by atoms with Gasteiger partial charge in [-0.25, -0.2) is 0 Å². The molecule has 0 unspecified atom stereocenters. The Labute approximate surface area is 152 Å². The number of hydrogen-bond acceptors (Lipinski definition) is 2. The summed E-state index contributed by atoms with van der Waals surface area (Å²) in [6, 6.07) is 14.5. The van der Waals surface area contributed by atoms with Crippen LogP contribution in [0, 0.1) is 0 Å². The zero-order valence-corrected chi connectivity index (χ0v) is 16.7. The second-order valence-electron chi connectivity index (χ2n) is 8.78. The Hall–Kier alpha value is -2.09. The number of hydrogen-bond donors (Lipinski definition) is 1. The van der Waals surface area contributed by atoms with Crippen LogP contribution in [0.25, 0.3) is 0 Å². The molecule has 2 aromatic carbocycles. The third-order valence-electron chi connectivity index (χ3n) is 4.48. The van der Waals surface area contributed by atoms with Crippen molar-refractivity contribution in [3.05, 3.63) is 59.2 Å². The minimum atomic E-state index is 0.0924. The molecule has 0 aliphatic heterocycles. The summed E-state index contributed by atoms with van der Waals surface area (Å²) >= 11 is 0. The number of carbonyl (C=O) groups is 1. The van der Waals surface area contributed by atoms with E-state index in [0.717, 1.165) is 16.9 Å². The Morgan fingerprint density at radius 2 is 1.28 bits per heavy atom.